The predicted octanol–water partition coefficient (Wildman–Crippen LogP) is 2.40. The quantitative estimate of drug-likeness (QED) is 0.769. The van der Waals surface area contributed by atoms with E-state index in [1.165, 1.54) is 0 Å². The second kappa shape index (κ2) is 7.82. The van der Waals surface area contributed by atoms with Crippen LogP contribution in [0, 0.1) is 5.92 Å². The van der Waals surface area contributed by atoms with E-state index in [2.05, 4.69) is 16.8 Å². The number of nitrogens with zero attached hydrogens (tertiary/aromatic N) is 2. The van der Waals surface area contributed by atoms with Crippen LogP contribution in [0.5, 0.6) is 0 Å². The van der Waals surface area contributed by atoms with Crippen LogP contribution >= 0.6 is 0 Å². The third-order valence-corrected chi connectivity index (χ3v) is 2.91. The molecule has 0 spiro atoms. The van der Waals surface area contributed by atoms with Crippen LogP contribution in [-0.2, 0) is 11.3 Å². The van der Waals surface area contributed by atoms with Crippen molar-refractivity contribution in [2.24, 2.45) is 5.92 Å². The molecule has 0 fully saturated rings. The van der Waals surface area contributed by atoms with E-state index < -0.39 is 5.97 Å². The summed E-state index contributed by atoms with van der Waals surface area (Å²) in [6.45, 7) is 6.19. The molecule has 4 nitrogen and oxygen atoms in total. The highest BCUT2D eigenvalue weighted by atomic mass is 16.4. The maximum atomic E-state index is 10.9. The van der Waals surface area contributed by atoms with Gasteiger partial charge >= 0.3 is 5.97 Å². The van der Waals surface area contributed by atoms with Gasteiger partial charge < -0.3 is 5.11 Å². The monoisotopic (exact) mass is 250 g/mol. The fraction of sp³-hybridized carbons (Fsp3) is 0.571. The first kappa shape index (κ1) is 14.6. The zero-order chi connectivity index (χ0) is 13.4. The molecule has 0 aliphatic rings. The Labute approximate surface area is 109 Å². The fourth-order valence-corrected chi connectivity index (χ4v) is 1.83. The number of aliphatic carboxylic acids is 1. The van der Waals surface area contributed by atoms with E-state index in [1.54, 1.807) is 13.1 Å². The third-order valence-electron chi connectivity index (χ3n) is 2.91. The molecule has 1 unspecified atom stereocenters. The Hall–Kier alpha value is -1.42. The molecule has 1 N–H and O–H groups in total. The molecule has 1 heterocycles. The standard InChI is InChI=1S/C14H22N2O2/c1-3-4-8-16(10-12(2)14(17)18)11-13-6-5-7-15-9-13/h5-7,9,12H,3-4,8,10-11H2,1-2H3,(H,17,18). The summed E-state index contributed by atoms with van der Waals surface area (Å²) in [7, 11) is 0. The number of aromatic nitrogens is 1. The molecule has 1 aromatic heterocycles. The maximum absolute atomic E-state index is 10.9. The first-order valence-electron chi connectivity index (χ1n) is 6.47. The number of carbonyl (C=O) groups is 1. The van der Waals surface area contributed by atoms with Gasteiger partial charge in [-0.1, -0.05) is 26.3 Å². The zero-order valence-electron chi connectivity index (χ0n) is 11.2. The lowest BCUT2D eigenvalue weighted by Gasteiger charge is -2.24. The highest BCUT2D eigenvalue weighted by molar-refractivity contribution is 5.69. The Balaban J connectivity index is 2.57. The molecule has 0 aliphatic carbocycles. The van der Waals surface area contributed by atoms with Crippen LogP contribution in [0.15, 0.2) is 24.5 Å². The predicted molar refractivity (Wildman–Crippen MR) is 71.2 cm³/mol. The van der Waals surface area contributed by atoms with E-state index in [0.29, 0.717) is 6.54 Å². The van der Waals surface area contributed by atoms with Gasteiger partial charge in [0.1, 0.15) is 0 Å². The van der Waals surface area contributed by atoms with Crippen LogP contribution in [0.25, 0.3) is 0 Å². The summed E-state index contributed by atoms with van der Waals surface area (Å²) in [6, 6.07) is 3.94. The van der Waals surface area contributed by atoms with Crippen molar-refractivity contribution >= 4 is 5.97 Å². The number of carboxylic acid groups (broad SMARTS) is 1. The maximum Gasteiger partial charge on any atom is 0.307 e. The molecular weight excluding hydrogens is 228 g/mol. The molecule has 0 radical (unpaired) electrons. The zero-order valence-corrected chi connectivity index (χ0v) is 11.2. The van der Waals surface area contributed by atoms with Crippen LogP contribution in [0.2, 0.25) is 0 Å². The Morgan fingerprint density at radius 1 is 1.56 bits per heavy atom. The number of rotatable bonds is 8. The average Bonchev–Trinajstić information content (AvgIpc) is 2.37. The summed E-state index contributed by atoms with van der Waals surface area (Å²) >= 11 is 0. The number of unbranched alkanes of at least 4 members (excludes halogenated alkanes) is 1. The Morgan fingerprint density at radius 3 is 2.89 bits per heavy atom. The topological polar surface area (TPSA) is 53.4 Å². The fourth-order valence-electron chi connectivity index (χ4n) is 1.83. The van der Waals surface area contributed by atoms with Crippen LogP contribution < -0.4 is 0 Å². The van der Waals surface area contributed by atoms with Crippen molar-refractivity contribution in [3.8, 4) is 0 Å². The van der Waals surface area contributed by atoms with Crippen molar-refractivity contribution in [1.82, 2.24) is 9.88 Å². The molecular formula is C14H22N2O2. The minimum absolute atomic E-state index is 0.335. The van der Waals surface area contributed by atoms with Crippen LogP contribution in [-0.4, -0.2) is 34.0 Å². The lowest BCUT2D eigenvalue weighted by atomic mass is 10.1. The molecule has 0 aromatic carbocycles. The Bertz CT molecular complexity index is 354. The highest BCUT2D eigenvalue weighted by Gasteiger charge is 2.16. The lowest BCUT2D eigenvalue weighted by Crippen LogP contribution is -2.32. The average molecular weight is 250 g/mol. The molecule has 1 aromatic rings. The molecule has 100 valence electrons. The van der Waals surface area contributed by atoms with Crippen molar-refractivity contribution in [2.75, 3.05) is 13.1 Å². The van der Waals surface area contributed by atoms with Gasteiger partial charge in [0.15, 0.2) is 0 Å². The van der Waals surface area contributed by atoms with Gasteiger partial charge in [-0.05, 0) is 24.6 Å². The second-order valence-electron chi connectivity index (χ2n) is 4.69. The second-order valence-corrected chi connectivity index (χ2v) is 4.69. The molecule has 0 bridgehead atoms. The van der Waals surface area contributed by atoms with Gasteiger partial charge in [0.05, 0.1) is 5.92 Å². The first-order valence-corrected chi connectivity index (χ1v) is 6.47. The van der Waals surface area contributed by atoms with Crippen molar-refractivity contribution in [3.63, 3.8) is 0 Å². The molecule has 1 atom stereocenters. The van der Waals surface area contributed by atoms with Crippen LogP contribution in [0.4, 0.5) is 0 Å². The summed E-state index contributed by atoms with van der Waals surface area (Å²) in [5.74, 6) is -1.07. The van der Waals surface area contributed by atoms with E-state index in [9.17, 15) is 4.79 Å². The smallest absolute Gasteiger partial charge is 0.307 e. The minimum atomic E-state index is -0.734. The summed E-state index contributed by atoms with van der Waals surface area (Å²) in [6.07, 6.45) is 5.79. The largest absolute Gasteiger partial charge is 0.481 e. The van der Waals surface area contributed by atoms with Gasteiger partial charge in [-0.3, -0.25) is 14.7 Å². The van der Waals surface area contributed by atoms with Crippen molar-refractivity contribution in [1.29, 1.82) is 0 Å². The molecule has 18 heavy (non-hydrogen) atoms. The van der Waals surface area contributed by atoms with Gasteiger partial charge in [0.25, 0.3) is 0 Å². The molecule has 0 saturated heterocycles. The Kier molecular flexibility index (Phi) is 6.36. The SMILES string of the molecule is CCCCN(Cc1cccnc1)CC(C)C(=O)O. The van der Waals surface area contributed by atoms with E-state index in [0.717, 1.165) is 31.5 Å². The Morgan fingerprint density at radius 2 is 2.33 bits per heavy atom. The summed E-state index contributed by atoms with van der Waals surface area (Å²) in [5.41, 5.74) is 1.13. The van der Waals surface area contributed by atoms with Crippen LogP contribution in [0.1, 0.15) is 32.3 Å². The van der Waals surface area contributed by atoms with Gasteiger partial charge in [-0.25, -0.2) is 0 Å². The number of hydrogen-bond acceptors (Lipinski definition) is 3. The van der Waals surface area contributed by atoms with Crippen molar-refractivity contribution in [2.45, 2.75) is 33.2 Å². The third kappa shape index (κ3) is 5.27. The molecule has 0 aliphatic heterocycles. The highest BCUT2D eigenvalue weighted by Crippen LogP contribution is 2.08. The van der Waals surface area contributed by atoms with Gasteiger partial charge in [-0.2, -0.15) is 0 Å². The lowest BCUT2D eigenvalue weighted by molar-refractivity contribution is -0.141. The molecule has 0 saturated carbocycles. The van der Waals surface area contributed by atoms with E-state index in [4.69, 9.17) is 5.11 Å². The van der Waals surface area contributed by atoms with Gasteiger partial charge in [0.2, 0.25) is 0 Å². The first-order chi connectivity index (χ1) is 8.63. The number of pyridine rings is 1. The minimum Gasteiger partial charge on any atom is -0.481 e. The number of carboxylic acids is 1. The molecule has 0 amide bonds. The summed E-state index contributed by atoms with van der Waals surface area (Å²) in [4.78, 5) is 17.2. The summed E-state index contributed by atoms with van der Waals surface area (Å²) < 4.78 is 0. The summed E-state index contributed by atoms with van der Waals surface area (Å²) in [5, 5.41) is 8.98. The van der Waals surface area contributed by atoms with Crippen LogP contribution in [0.3, 0.4) is 0 Å². The van der Waals surface area contributed by atoms with Crippen molar-refractivity contribution in [3.05, 3.63) is 30.1 Å². The van der Waals surface area contributed by atoms with Gasteiger partial charge in [-0.15, -0.1) is 0 Å². The van der Waals surface area contributed by atoms with Crippen molar-refractivity contribution < 1.29 is 9.90 Å². The van der Waals surface area contributed by atoms with E-state index >= 15 is 0 Å². The number of hydrogen-bond donors (Lipinski definition) is 1. The molecule has 4 heteroatoms. The molecule has 1 rings (SSSR count). The van der Waals surface area contributed by atoms with E-state index in [-0.39, 0.29) is 5.92 Å². The normalized spacial score (nSPS) is 12.6. The van der Waals surface area contributed by atoms with E-state index in [1.807, 2.05) is 18.3 Å². The van der Waals surface area contributed by atoms with Gasteiger partial charge in [0, 0.05) is 25.5 Å².